The fourth-order valence-electron chi connectivity index (χ4n) is 2.65. The first-order chi connectivity index (χ1) is 12.5. The summed E-state index contributed by atoms with van der Waals surface area (Å²) in [5, 5.41) is 2.70. The van der Waals surface area contributed by atoms with E-state index < -0.39 is 18.5 Å². The van der Waals surface area contributed by atoms with Crippen molar-refractivity contribution in [1.82, 2.24) is 0 Å². The first-order valence-corrected chi connectivity index (χ1v) is 8.14. The number of esters is 1. The Morgan fingerprint density at radius 3 is 2.69 bits per heavy atom. The van der Waals surface area contributed by atoms with Crippen molar-refractivity contribution in [2.45, 2.75) is 6.92 Å². The Hall–Kier alpha value is -3.41. The molecule has 6 heteroatoms. The molecule has 26 heavy (non-hydrogen) atoms. The number of carbonyl (C=O) groups excluding carboxylic acids is 3. The highest BCUT2D eigenvalue weighted by atomic mass is 16.5. The largest absolute Gasteiger partial charge is 0.452 e. The summed E-state index contributed by atoms with van der Waals surface area (Å²) in [6.07, 6.45) is 2.93. The highest BCUT2D eigenvalue weighted by Gasteiger charge is 2.26. The van der Waals surface area contributed by atoms with Gasteiger partial charge in [-0.1, -0.05) is 36.4 Å². The van der Waals surface area contributed by atoms with Crippen LogP contribution in [0.3, 0.4) is 0 Å². The van der Waals surface area contributed by atoms with E-state index in [1.807, 2.05) is 31.2 Å². The summed E-state index contributed by atoms with van der Waals surface area (Å²) in [6, 6.07) is 14.6. The summed E-state index contributed by atoms with van der Waals surface area (Å²) < 4.78 is 5.02. The number of ether oxygens (including phenoxy) is 1. The zero-order valence-electron chi connectivity index (χ0n) is 14.3. The number of hydrogen-bond donors (Lipinski definition) is 1. The number of benzene rings is 2. The Morgan fingerprint density at radius 1 is 1.15 bits per heavy atom. The molecular weight excluding hydrogens is 332 g/mol. The molecule has 0 saturated heterocycles. The van der Waals surface area contributed by atoms with Gasteiger partial charge < -0.3 is 10.1 Å². The van der Waals surface area contributed by atoms with E-state index in [2.05, 4.69) is 5.32 Å². The molecule has 6 nitrogen and oxygen atoms in total. The number of nitrogens with one attached hydrogen (secondary N) is 1. The second-order valence-corrected chi connectivity index (χ2v) is 5.84. The van der Waals surface area contributed by atoms with Crippen LogP contribution in [0.15, 0.2) is 54.6 Å². The van der Waals surface area contributed by atoms with Gasteiger partial charge in [-0.05, 0) is 36.3 Å². The van der Waals surface area contributed by atoms with Crippen LogP contribution in [0, 0.1) is 6.92 Å². The van der Waals surface area contributed by atoms with Gasteiger partial charge in [0.15, 0.2) is 6.61 Å². The summed E-state index contributed by atoms with van der Waals surface area (Å²) in [5.41, 5.74) is 3.08. The summed E-state index contributed by atoms with van der Waals surface area (Å²) in [6.45, 7) is 1.40. The van der Waals surface area contributed by atoms with E-state index in [1.54, 1.807) is 30.3 Å². The van der Waals surface area contributed by atoms with Gasteiger partial charge in [-0.3, -0.25) is 14.5 Å². The molecule has 0 unspecified atom stereocenters. The second kappa shape index (κ2) is 7.65. The summed E-state index contributed by atoms with van der Waals surface area (Å²) in [5.74, 6) is -1.36. The lowest BCUT2D eigenvalue weighted by atomic mass is 10.1. The number of amides is 2. The molecule has 1 heterocycles. The summed E-state index contributed by atoms with van der Waals surface area (Å²) in [7, 11) is 0. The molecule has 1 aliphatic heterocycles. The van der Waals surface area contributed by atoms with Crippen LogP contribution < -0.4 is 10.2 Å². The van der Waals surface area contributed by atoms with Crippen LogP contribution in [-0.2, 0) is 19.1 Å². The minimum absolute atomic E-state index is 0.105. The Kier molecular flexibility index (Phi) is 5.12. The molecule has 2 aromatic rings. The minimum Gasteiger partial charge on any atom is -0.452 e. The molecule has 3 rings (SSSR count). The average molecular weight is 350 g/mol. The van der Waals surface area contributed by atoms with Crippen molar-refractivity contribution in [3.63, 3.8) is 0 Å². The summed E-state index contributed by atoms with van der Waals surface area (Å²) >= 11 is 0. The lowest BCUT2D eigenvalue weighted by Crippen LogP contribution is -2.43. The van der Waals surface area contributed by atoms with Crippen LogP contribution in [0.2, 0.25) is 0 Å². The third kappa shape index (κ3) is 3.97. The van der Waals surface area contributed by atoms with Gasteiger partial charge in [0.05, 0.1) is 11.4 Å². The van der Waals surface area contributed by atoms with Gasteiger partial charge in [0.1, 0.15) is 6.54 Å². The molecule has 132 valence electrons. The number of para-hydroxylation sites is 2. The van der Waals surface area contributed by atoms with E-state index in [0.29, 0.717) is 11.4 Å². The Morgan fingerprint density at radius 2 is 1.88 bits per heavy atom. The van der Waals surface area contributed by atoms with Crippen molar-refractivity contribution in [2.75, 3.05) is 23.4 Å². The fourth-order valence-corrected chi connectivity index (χ4v) is 2.65. The highest BCUT2D eigenvalue weighted by molar-refractivity contribution is 6.10. The molecule has 0 aromatic heterocycles. The number of nitrogens with zero attached hydrogens (tertiary/aromatic N) is 1. The predicted octanol–water partition coefficient (Wildman–Crippen LogP) is 2.54. The molecule has 0 bridgehead atoms. The molecule has 1 aliphatic rings. The zero-order chi connectivity index (χ0) is 18.5. The normalized spacial score (nSPS) is 13.3. The zero-order valence-corrected chi connectivity index (χ0v) is 14.3. The van der Waals surface area contributed by atoms with E-state index >= 15 is 0 Å². The second-order valence-electron chi connectivity index (χ2n) is 5.84. The van der Waals surface area contributed by atoms with E-state index in [1.165, 1.54) is 11.0 Å². The van der Waals surface area contributed by atoms with Crippen LogP contribution in [0.25, 0.3) is 6.08 Å². The maximum Gasteiger partial charge on any atom is 0.331 e. The maximum absolute atomic E-state index is 12.4. The molecule has 0 spiro atoms. The van der Waals surface area contributed by atoms with E-state index in [9.17, 15) is 14.4 Å². The van der Waals surface area contributed by atoms with Gasteiger partial charge in [-0.25, -0.2) is 4.79 Å². The molecular formula is C20H18N2O4. The minimum atomic E-state index is -0.614. The average Bonchev–Trinajstić information content (AvgIpc) is 2.64. The Bertz CT molecular complexity index is 889. The molecule has 0 aliphatic carbocycles. The molecule has 0 saturated carbocycles. The third-order valence-corrected chi connectivity index (χ3v) is 4.00. The van der Waals surface area contributed by atoms with E-state index in [0.717, 1.165) is 11.1 Å². The topological polar surface area (TPSA) is 75.7 Å². The smallest absolute Gasteiger partial charge is 0.331 e. The Balaban J connectivity index is 1.61. The van der Waals surface area contributed by atoms with Gasteiger partial charge in [0, 0.05) is 6.08 Å². The van der Waals surface area contributed by atoms with Crippen LogP contribution in [-0.4, -0.2) is 30.9 Å². The SMILES string of the molecule is Cc1ccccc1/C=C/C(=O)OCC(=O)N1CC(=O)Nc2ccccc21. The van der Waals surface area contributed by atoms with Crippen molar-refractivity contribution < 1.29 is 19.1 Å². The van der Waals surface area contributed by atoms with Gasteiger partial charge in [-0.2, -0.15) is 0 Å². The van der Waals surface area contributed by atoms with Crippen molar-refractivity contribution in [3.05, 3.63) is 65.7 Å². The van der Waals surface area contributed by atoms with Gasteiger partial charge in [0.2, 0.25) is 5.91 Å². The van der Waals surface area contributed by atoms with Crippen molar-refractivity contribution in [3.8, 4) is 0 Å². The van der Waals surface area contributed by atoms with Gasteiger partial charge in [0.25, 0.3) is 5.91 Å². The summed E-state index contributed by atoms with van der Waals surface area (Å²) in [4.78, 5) is 37.3. The number of anilines is 2. The predicted molar refractivity (Wildman–Crippen MR) is 98.6 cm³/mol. The molecule has 2 amide bonds. The van der Waals surface area contributed by atoms with E-state index in [4.69, 9.17) is 4.74 Å². The quantitative estimate of drug-likeness (QED) is 0.679. The molecule has 0 atom stereocenters. The van der Waals surface area contributed by atoms with Crippen molar-refractivity contribution in [2.24, 2.45) is 0 Å². The fraction of sp³-hybridized carbons (Fsp3) is 0.150. The number of hydrogen-bond acceptors (Lipinski definition) is 4. The first kappa shape index (κ1) is 17.4. The molecule has 0 radical (unpaired) electrons. The lowest BCUT2D eigenvalue weighted by Gasteiger charge is -2.28. The highest BCUT2D eigenvalue weighted by Crippen LogP contribution is 2.28. The van der Waals surface area contributed by atoms with Gasteiger partial charge >= 0.3 is 5.97 Å². The monoisotopic (exact) mass is 350 g/mol. The number of carbonyl (C=O) groups is 3. The number of aryl methyl sites for hydroxylation is 1. The van der Waals surface area contributed by atoms with Crippen LogP contribution >= 0.6 is 0 Å². The number of rotatable bonds is 4. The van der Waals surface area contributed by atoms with E-state index in [-0.39, 0.29) is 12.5 Å². The van der Waals surface area contributed by atoms with Gasteiger partial charge in [-0.15, -0.1) is 0 Å². The van der Waals surface area contributed by atoms with Crippen LogP contribution in [0.4, 0.5) is 11.4 Å². The maximum atomic E-state index is 12.4. The molecule has 0 fully saturated rings. The van der Waals surface area contributed by atoms with Crippen LogP contribution in [0.1, 0.15) is 11.1 Å². The van der Waals surface area contributed by atoms with Crippen molar-refractivity contribution >= 4 is 35.2 Å². The lowest BCUT2D eigenvalue weighted by molar-refractivity contribution is -0.143. The Labute approximate surface area is 151 Å². The van der Waals surface area contributed by atoms with Crippen LogP contribution in [0.5, 0.6) is 0 Å². The first-order valence-electron chi connectivity index (χ1n) is 8.14. The molecule has 1 N–H and O–H groups in total. The van der Waals surface area contributed by atoms with Crippen molar-refractivity contribution in [1.29, 1.82) is 0 Å². The standard InChI is InChI=1S/C20H18N2O4/c1-14-6-2-3-7-15(14)10-11-20(25)26-13-19(24)22-12-18(23)21-16-8-4-5-9-17(16)22/h2-11H,12-13H2,1H3,(H,21,23)/b11-10+. The number of fused-ring (bicyclic) bond motifs is 1. The third-order valence-electron chi connectivity index (χ3n) is 4.00. The molecule has 2 aromatic carbocycles.